The van der Waals surface area contributed by atoms with Crippen LogP contribution in [-0.2, 0) is 0 Å². The van der Waals surface area contributed by atoms with Gasteiger partial charge in [0.05, 0.1) is 20.3 Å². The quantitative estimate of drug-likeness (QED) is 0.187. The predicted octanol–water partition coefficient (Wildman–Crippen LogP) is 6.81. The van der Waals surface area contributed by atoms with E-state index >= 15 is 0 Å². The van der Waals surface area contributed by atoms with Crippen molar-refractivity contribution in [2.75, 3.05) is 19.1 Å². The van der Waals surface area contributed by atoms with Gasteiger partial charge in [0.2, 0.25) is 0 Å². The van der Waals surface area contributed by atoms with Gasteiger partial charge in [0.25, 0.3) is 0 Å². The second kappa shape index (κ2) is 9.92. The maximum absolute atomic E-state index is 14.7. The van der Waals surface area contributed by atoms with Gasteiger partial charge < -0.3 is 14.4 Å². The number of hydrogen-bond donors (Lipinski definition) is 0. The maximum atomic E-state index is 14.7. The van der Waals surface area contributed by atoms with Crippen LogP contribution in [0.1, 0.15) is 48.1 Å². The minimum Gasteiger partial charge on any atom is -0.493 e. The molecule has 7 rings (SSSR count). The van der Waals surface area contributed by atoms with Crippen molar-refractivity contribution in [3.8, 4) is 11.5 Å². The lowest BCUT2D eigenvalue weighted by molar-refractivity contribution is 0.0665. The standard InChI is InChI=1S/C35H25ClFNO5/c1-42-27-15-9-21(18-28(27)43-2)30-31(32(39)19-7-12-23(37)13-8-19)38-26-14-11-22(36)17-20(26)10-16-29(38)35(30)33(40)24-5-3-4-6-25(24)34(35)41/h3-18,29-31H,1-2H3. The highest BCUT2D eigenvalue weighted by molar-refractivity contribution is 6.32. The van der Waals surface area contributed by atoms with Crippen molar-refractivity contribution in [3.05, 3.63) is 130 Å². The van der Waals surface area contributed by atoms with Crippen molar-refractivity contribution in [1.82, 2.24) is 0 Å². The van der Waals surface area contributed by atoms with E-state index in [1.54, 1.807) is 60.7 Å². The van der Waals surface area contributed by atoms with E-state index in [2.05, 4.69) is 0 Å². The van der Waals surface area contributed by atoms with E-state index in [9.17, 15) is 18.8 Å². The Kier molecular flexibility index (Phi) is 6.25. The fourth-order valence-electron chi connectivity index (χ4n) is 7.15. The molecule has 0 bridgehead atoms. The van der Waals surface area contributed by atoms with Crippen LogP contribution in [0.25, 0.3) is 6.08 Å². The number of Topliss-reactive ketones (excluding diaryl/α,β-unsaturated/α-hetero) is 3. The van der Waals surface area contributed by atoms with E-state index in [4.69, 9.17) is 21.1 Å². The molecular formula is C35H25ClFNO5. The molecule has 4 aromatic carbocycles. The van der Waals surface area contributed by atoms with Crippen molar-refractivity contribution >= 4 is 40.7 Å². The van der Waals surface area contributed by atoms with Gasteiger partial charge in [0.15, 0.2) is 28.8 Å². The van der Waals surface area contributed by atoms with Crippen molar-refractivity contribution in [2.45, 2.75) is 18.0 Å². The van der Waals surface area contributed by atoms with E-state index < -0.39 is 29.2 Å². The summed E-state index contributed by atoms with van der Waals surface area (Å²) in [5, 5.41) is 0.508. The molecule has 43 heavy (non-hydrogen) atoms. The molecule has 0 aromatic heterocycles. The van der Waals surface area contributed by atoms with E-state index in [0.29, 0.717) is 38.9 Å². The topological polar surface area (TPSA) is 72.9 Å². The van der Waals surface area contributed by atoms with E-state index in [1.165, 1.54) is 38.5 Å². The Morgan fingerprint density at radius 3 is 2.19 bits per heavy atom. The molecule has 214 valence electrons. The summed E-state index contributed by atoms with van der Waals surface area (Å²) in [6.45, 7) is 0. The molecule has 3 aliphatic rings. The Hall–Kier alpha value is -4.75. The van der Waals surface area contributed by atoms with Gasteiger partial charge in [-0.15, -0.1) is 0 Å². The summed E-state index contributed by atoms with van der Waals surface area (Å²) in [4.78, 5) is 46.0. The fraction of sp³-hybridized carbons (Fsp3) is 0.171. The van der Waals surface area contributed by atoms with E-state index in [0.717, 1.165) is 5.56 Å². The normalized spacial score (nSPS) is 21.0. The Labute approximate surface area is 252 Å². The molecule has 3 unspecified atom stereocenters. The SMILES string of the molecule is COc1ccc(C2C(C(=O)c3ccc(F)cc3)N3c4ccc(Cl)cc4C=CC3C23C(=O)c2ccccc2C3=O)cc1OC. The molecule has 1 spiro atoms. The van der Waals surface area contributed by atoms with Crippen molar-refractivity contribution in [2.24, 2.45) is 5.41 Å². The third kappa shape index (κ3) is 3.74. The molecule has 1 aliphatic carbocycles. The first-order valence-corrected chi connectivity index (χ1v) is 14.2. The number of methoxy groups -OCH3 is 2. The van der Waals surface area contributed by atoms with Gasteiger partial charge in [0.1, 0.15) is 17.3 Å². The van der Waals surface area contributed by atoms with Crippen LogP contribution in [0.15, 0.2) is 91.0 Å². The summed E-state index contributed by atoms with van der Waals surface area (Å²) in [5.41, 5.74) is 1.19. The number of carbonyl (C=O) groups is 3. The molecule has 3 atom stereocenters. The average molecular weight is 594 g/mol. The highest BCUT2D eigenvalue weighted by Crippen LogP contribution is 2.61. The lowest BCUT2D eigenvalue weighted by Gasteiger charge is -2.37. The molecule has 4 aromatic rings. The van der Waals surface area contributed by atoms with Crippen LogP contribution in [-0.4, -0.2) is 43.7 Å². The molecule has 0 saturated carbocycles. The van der Waals surface area contributed by atoms with Gasteiger partial charge in [-0.3, -0.25) is 14.4 Å². The number of carbonyl (C=O) groups excluding carboxylic acids is 3. The summed E-state index contributed by atoms with van der Waals surface area (Å²) in [7, 11) is 3.02. The number of halogens is 2. The second-order valence-electron chi connectivity index (χ2n) is 10.9. The summed E-state index contributed by atoms with van der Waals surface area (Å²) < 4.78 is 25.1. The van der Waals surface area contributed by atoms with Gasteiger partial charge in [-0.1, -0.05) is 54.1 Å². The molecule has 2 aliphatic heterocycles. The molecule has 8 heteroatoms. The van der Waals surface area contributed by atoms with Crippen LogP contribution < -0.4 is 14.4 Å². The van der Waals surface area contributed by atoms with E-state index in [1.807, 2.05) is 17.1 Å². The van der Waals surface area contributed by atoms with Crippen LogP contribution in [0.3, 0.4) is 0 Å². The van der Waals surface area contributed by atoms with Gasteiger partial charge in [-0.2, -0.15) is 0 Å². The molecule has 0 amide bonds. The second-order valence-corrected chi connectivity index (χ2v) is 11.3. The van der Waals surface area contributed by atoms with Crippen LogP contribution in [0, 0.1) is 11.2 Å². The minimum atomic E-state index is -1.68. The third-order valence-electron chi connectivity index (χ3n) is 8.93. The Bertz CT molecular complexity index is 1830. The van der Waals surface area contributed by atoms with Crippen molar-refractivity contribution < 1.29 is 28.2 Å². The first kappa shape index (κ1) is 27.1. The van der Waals surface area contributed by atoms with Gasteiger partial charge in [0, 0.05) is 33.3 Å². The highest BCUT2D eigenvalue weighted by Gasteiger charge is 2.71. The highest BCUT2D eigenvalue weighted by atomic mass is 35.5. The fourth-order valence-corrected chi connectivity index (χ4v) is 7.33. The lowest BCUT2D eigenvalue weighted by atomic mass is 9.64. The van der Waals surface area contributed by atoms with Gasteiger partial charge in [-0.05, 0) is 65.7 Å². The zero-order valence-electron chi connectivity index (χ0n) is 23.2. The summed E-state index contributed by atoms with van der Waals surface area (Å²) >= 11 is 6.35. The Balaban J connectivity index is 1.55. The van der Waals surface area contributed by atoms with Gasteiger partial charge in [-0.25, -0.2) is 4.39 Å². The Morgan fingerprint density at radius 1 is 0.860 bits per heavy atom. The number of hydrogen-bond acceptors (Lipinski definition) is 6. The number of anilines is 1. The van der Waals surface area contributed by atoms with Crippen molar-refractivity contribution in [3.63, 3.8) is 0 Å². The zero-order valence-corrected chi connectivity index (χ0v) is 24.0. The smallest absolute Gasteiger partial charge is 0.185 e. The predicted molar refractivity (Wildman–Crippen MR) is 161 cm³/mol. The number of fused-ring (bicyclic) bond motifs is 5. The summed E-state index contributed by atoms with van der Waals surface area (Å²) in [6, 6.07) is 20.8. The van der Waals surface area contributed by atoms with Crippen molar-refractivity contribution in [1.29, 1.82) is 0 Å². The zero-order chi connectivity index (χ0) is 30.0. The average Bonchev–Trinajstić information content (AvgIpc) is 3.46. The number of benzene rings is 4. The number of rotatable bonds is 5. The number of ketones is 3. The Morgan fingerprint density at radius 2 is 1.53 bits per heavy atom. The van der Waals surface area contributed by atoms with Crippen LogP contribution >= 0.6 is 11.6 Å². The third-order valence-corrected chi connectivity index (χ3v) is 9.16. The molecule has 0 radical (unpaired) electrons. The molecular weight excluding hydrogens is 569 g/mol. The van der Waals surface area contributed by atoms with Crippen LogP contribution in [0.2, 0.25) is 5.02 Å². The minimum absolute atomic E-state index is 0.258. The lowest BCUT2D eigenvalue weighted by Crippen LogP contribution is -2.48. The molecule has 0 N–H and O–H groups in total. The first-order valence-electron chi connectivity index (χ1n) is 13.8. The number of nitrogens with zero attached hydrogens (tertiary/aromatic N) is 1. The van der Waals surface area contributed by atoms with Crippen LogP contribution in [0.4, 0.5) is 10.1 Å². The molecule has 2 heterocycles. The van der Waals surface area contributed by atoms with E-state index in [-0.39, 0.29) is 22.9 Å². The first-order chi connectivity index (χ1) is 20.8. The van der Waals surface area contributed by atoms with Gasteiger partial charge >= 0.3 is 0 Å². The number of ether oxygens (including phenoxy) is 2. The monoisotopic (exact) mass is 593 g/mol. The van der Waals surface area contributed by atoms with Crippen LogP contribution in [0.5, 0.6) is 11.5 Å². The largest absolute Gasteiger partial charge is 0.493 e. The summed E-state index contributed by atoms with van der Waals surface area (Å²) in [5.74, 6) is -1.62. The molecule has 6 nitrogen and oxygen atoms in total. The maximum Gasteiger partial charge on any atom is 0.185 e. The molecule has 1 saturated heterocycles. The molecule has 1 fully saturated rings. The summed E-state index contributed by atoms with van der Waals surface area (Å²) in [6.07, 6.45) is 3.68.